The molecule has 0 amide bonds. The zero-order valence-electron chi connectivity index (χ0n) is 5.61. The molecule has 0 aliphatic rings. The fourth-order valence-corrected chi connectivity index (χ4v) is 0.919. The van der Waals surface area contributed by atoms with Crippen LogP contribution >= 0.6 is 0 Å². The quantitative estimate of drug-likeness (QED) is 0.606. The first-order chi connectivity index (χ1) is 5.40. The molecule has 11 heavy (non-hydrogen) atoms. The number of fused-ring (bicyclic) bond motifs is 1. The molecule has 2 aromatic heterocycles. The number of aldehydes is 1. The topological polar surface area (TPSA) is 58.6 Å². The number of carbonyl (C=O) groups excluding carboxylic acids is 1. The molecule has 4 heteroatoms. The van der Waals surface area contributed by atoms with Gasteiger partial charge in [0.25, 0.3) is 0 Å². The van der Waals surface area contributed by atoms with Gasteiger partial charge in [-0.3, -0.25) is 4.79 Å². The van der Waals surface area contributed by atoms with Crippen LogP contribution in [0.25, 0.3) is 11.2 Å². The van der Waals surface area contributed by atoms with Gasteiger partial charge in [0.2, 0.25) is 0 Å². The number of H-pyrrole nitrogens is 1. The van der Waals surface area contributed by atoms with Crippen LogP contribution in [-0.4, -0.2) is 21.2 Å². The third-order valence-electron chi connectivity index (χ3n) is 1.39. The van der Waals surface area contributed by atoms with E-state index in [-0.39, 0.29) is 0 Å². The molecule has 0 unspecified atom stereocenters. The Bertz CT molecular complexity index is 360. The molecule has 0 atom stereocenters. The van der Waals surface area contributed by atoms with Gasteiger partial charge < -0.3 is 4.98 Å². The van der Waals surface area contributed by atoms with E-state index in [9.17, 15) is 4.79 Å². The highest BCUT2D eigenvalue weighted by molar-refractivity contribution is 5.78. The van der Waals surface area contributed by atoms with Gasteiger partial charge in [-0.25, -0.2) is 9.97 Å². The summed E-state index contributed by atoms with van der Waals surface area (Å²) in [5.41, 5.74) is 1.37. The van der Waals surface area contributed by atoms with Gasteiger partial charge in [0.05, 0.1) is 5.52 Å². The van der Waals surface area contributed by atoms with E-state index in [1.54, 1.807) is 12.3 Å². The van der Waals surface area contributed by atoms with Crippen molar-refractivity contribution < 1.29 is 4.79 Å². The molecule has 0 spiro atoms. The van der Waals surface area contributed by atoms with Crippen LogP contribution in [0, 0.1) is 0 Å². The van der Waals surface area contributed by atoms with Crippen LogP contribution in [0.3, 0.4) is 0 Å². The number of aromatic nitrogens is 3. The number of nitrogens with zero attached hydrogens (tertiary/aromatic N) is 2. The van der Waals surface area contributed by atoms with E-state index in [0.717, 1.165) is 5.52 Å². The minimum Gasteiger partial charge on any atom is -0.334 e. The molecule has 0 saturated carbocycles. The fraction of sp³-hybridized carbons (Fsp3) is 0. The lowest BCUT2D eigenvalue weighted by Crippen LogP contribution is -1.79. The summed E-state index contributed by atoms with van der Waals surface area (Å²) in [6, 6.07) is 3.61. The molecule has 4 nitrogen and oxygen atoms in total. The molecular weight excluding hydrogens is 142 g/mol. The van der Waals surface area contributed by atoms with E-state index in [2.05, 4.69) is 15.0 Å². The van der Waals surface area contributed by atoms with Gasteiger partial charge in [-0.2, -0.15) is 0 Å². The van der Waals surface area contributed by atoms with Crippen molar-refractivity contribution in [3.8, 4) is 0 Å². The van der Waals surface area contributed by atoms with Gasteiger partial charge in [-0.05, 0) is 12.1 Å². The molecule has 54 valence electrons. The molecular formula is C7H5N3O. The van der Waals surface area contributed by atoms with Crippen LogP contribution in [0.4, 0.5) is 0 Å². The zero-order valence-corrected chi connectivity index (χ0v) is 5.61. The highest BCUT2D eigenvalue weighted by Gasteiger charge is 1.99. The summed E-state index contributed by atoms with van der Waals surface area (Å²) >= 11 is 0. The van der Waals surface area contributed by atoms with E-state index in [0.29, 0.717) is 17.8 Å². The molecule has 1 N–H and O–H groups in total. The van der Waals surface area contributed by atoms with Crippen molar-refractivity contribution in [3.63, 3.8) is 0 Å². The predicted octanol–water partition coefficient (Wildman–Crippen LogP) is 0.770. The SMILES string of the molecule is O=Cc1nc2ncccc2[nH]1. The second-order valence-corrected chi connectivity index (χ2v) is 2.11. The van der Waals surface area contributed by atoms with E-state index in [1.807, 2.05) is 6.07 Å². The smallest absolute Gasteiger partial charge is 0.185 e. The Labute approximate surface area is 62.3 Å². The maximum absolute atomic E-state index is 10.3. The van der Waals surface area contributed by atoms with Crippen LogP contribution in [0.15, 0.2) is 18.3 Å². The van der Waals surface area contributed by atoms with Crippen molar-refractivity contribution in [2.24, 2.45) is 0 Å². The van der Waals surface area contributed by atoms with Crippen LogP contribution in [0.1, 0.15) is 10.6 Å². The number of hydrogen-bond acceptors (Lipinski definition) is 3. The Morgan fingerprint density at radius 2 is 2.45 bits per heavy atom. The Morgan fingerprint density at radius 1 is 1.55 bits per heavy atom. The van der Waals surface area contributed by atoms with Crippen molar-refractivity contribution in [2.75, 3.05) is 0 Å². The van der Waals surface area contributed by atoms with Crippen molar-refractivity contribution in [1.29, 1.82) is 0 Å². The van der Waals surface area contributed by atoms with Crippen molar-refractivity contribution in [3.05, 3.63) is 24.2 Å². The predicted molar refractivity (Wildman–Crippen MR) is 39.3 cm³/mol. The van der Waals surface area contributed by atoms with E-state index in [1.165, 1.54) is 0 Å². The lowest BCUT2D eigenvalue weighted by molar-refractivity contribution is 0.111. The van der Waals surface area contributed by atoms with E-state index < -0.39 is 0 Å². The monoisotopic (exact) mass is 147 g/mol. The normalized spacial score (nSPS) is 10.2. The third-order valence-corrected chi connectivity index (χ3v) is 1.39. The molecule has 2 aromatic rings. The van der Waals surface area contributed by atoms with E-state index in [4.69, 9.17) is 0 Å². The maximum Gasteiger partial charge on any atom is 0.185 e. The molecule has 0 saturated heterocycles. The number of imidazole rings is 1. The van der Waals surface area contributed by atoms with Gasteiger partial charge >= 0.3 is 0 Å². The largest absolute Gasteiger partial charge is 0.334 e. The Morgan fingerprint density at radius 3 is 3.18 bits per heavy atom. The van der Waals surface area contributed by atoms with Crippen LogP contribution in [0.2, 0.25) is 0 Å². The molecule has 0 bridgehead atoms. The van der Waals surface area contributed by atoms with Gasteiger partial charge in [-0.1, -0.05) is 0 Å². The Balaban J connectivity index is 2.78. The summed E-state index contributed by atoms with van der Waals surface area (Å²) in [6.45, 7) is 0. The molecule has 0 aromatic carbocycles. The number of rotatable bonds is 1. The number of nitrogens with one attached hydrogen (secondary N) is 1. The third kappa shape index (κ3) is 0.881. The summed E-state index contributed by atoms with van der Waals surface area (Å²) in [4.78, 5) is 20.9. The summed E-state index contributed by atoms with van der Waals surface area (Å²) in [7, 11) is 0. The highest BCUT2D eigenvalue weighted by Crippen LogP contribution is 2.04. The summed E-state index contributed by atoms with van der Waals surface area (Å²) < 4.78 is 0. The molecule has 0 fully saturated rings. The summed E-state index contributed by atoms with van der Waals surface area (Å²) in [6.07, 6.45) is 2.30. The summed E-state index contributed by atoms with van der Waals surface area (Å²) in [5, 5.41) is 0. The molecule has 0 aliphatic heterocycles. The highest BCUT2D eigenvalue weighted by atomic mass is 16.1. The number of aromatic amines is 1. The Hall–Kier alpha value is -1.71. The number of hydrogen-bond donors (Lipinski definition) is 1. The van der Waals surface area contributed by atoms with Gasteiger partial charge in [-0.15, -0.1) is 0 Å². The van der Waals surface area contributed by atoms with Crippen molar-refractivity contribution in [2.45, 2.75) is 0 Å². The van der Waals surface area contributed by atoms with Gasteiger partial charge in [0.15, 0.2) is 17.8 Å². The summed E-state index contributed by atoms with van der Waals surface area (Å²) in [5.74, 6) is 0.318. The van der Waals surface area contributed by atoms with Crippen LogP contribution in [0.5, 0.6) is 0 Å². The average Bonchev–Trinajstić information content (AvgIpc) is 2.46. The first-order valence-corrected chi connectivity index (χ1v) is 3.16. The standard InChI is InChI=1S/C7H5N3O/c11-4-6-9-5-2-1-3-8-7(5)10-6/h1-4H,(H,8,9,10). The first-order valence-electron chi connectivity index (χ1n) is 3.16. The maximum atomic E-state index is 10.3. The lowest BCUT2D eigenvalue weighted by atomic mass is 10.4. The van der Waals surface area contributed by atoms with Crippen molar-refractivity contribution in [1.82, 2.24) is 15.0 Å². The zero-order chi connectivity index (χ0) is 7.68. The van der Waals surface area contributed by atoms with Crippen molar-refractivity contribution >= 4 is 17.5 Å². The number of pyridine rings is 1. The van der Waals surface area contributed by atoms with Crippen LogP contribution < -0.4 is 0 Å². The minimum atomic E-state index is 0.318. The van der Waals surface area contributed by atoms with Gasteiger partial charge in [0, 0.05) is 6.20 Å². The second kappa shape index (κ2) is 2.16. The molecule has 0 aliphatic carbocycles. The molecule has 0 radical (unpaired) electrons. The fourth-order valence-electron chi connectivity index (χ4n) is 0.919. The minimum absolute atomic E-state index is 0.318. The number of carbonyl (C=O) groups is 1. The van der Waals surface area contributed by atoms with E-state index >= 15 is 0 Å². The lowest BCUT2D eigenvalue weighted by Gasteiger charge is -1.80. The van der Waals surface area contributed by atoms with Crippen LogP contribution in [-0.2, 0) is 0 Å². The molecule has 2 rings (SSSR count). The second-order valence-electron chi connectivity index (χ2n) is 2.11. The first kappa shape index (κ1) is 6.03. The Kier molecular flexibility index (Phi) is 1.18. The average molecular weight is 147 g/mol. The van der Waals surface area contributed by atoms with Gasteiger partial charge in [0.1, 0.15) is 0 Å². The molecule has 2 heterocycles.